The first-order chi connectivity index (χ1) is 11.3. The summed E-state index contributed by atoms with van der Waals surface area (Å²) in [5, 5.41) is 17.6. The Hall–Kier alpha value is -2.59. The number of rotatable bonds is 6. The molecule has 1 heterocycles. The fourth-order valence-electron chi connectivity index (χ4n) is 2.75. The van der Waals surface area contributed by atoms with Crippen molar-refractivity contribution in [2.75, 3.05) is 18.5 Å². The van der Waals surface area contributed by atoms with Crippen LogP contribution in [0.3, 0.4) is 0 Å². The fourth-order valence-corrected chi connectivity index (χ4v) is 2.75. The summed E-state index contributed by atoms with van der Waals surface area (Å²) < 4.78 is 1.88. The molecule has 23 heavy (non-hydrogen) atoms. The smallest absolute Gasteiger partial charge is 0.116 e. The molecule has 3 aromatic rings. The Morgan fingerprint density at radius 3 is 2.13 bits per heavy atom. The Morgan fingerprint density at radius 2 is 1.57 bits per heavy atom. The van der Waals surface area contributed by atoms with E-state index in [9.17, 15) is 5.11 Å². The molecule has 0 fully saturated rings. The van der Waals surface area contributed by atoms with Crippen molar-refractivity contribution in [2.24, 2.45) is 0 Å². The predicted molar refractivity (Wildman–Crippen MR) is 94.3 cm³/mol. The van der Waals surface area contributed by atoms with Crippen LogP contribution in [0.1, 0.15) is 6.92 Å². The van der Waals surface area contributed by atoms with Crippen molar-refractivity contribution in [3.05, 3.63) is 60.7 Å². The van der Waals surface area contributed by atoms with Crippen molar-refractivity contribution in [3.63, 3.8) is 0 Å². The van der Waals surface area contributed by atoms with Crippen LogP contribution in [0.2, 0.25) is 0 Å². The Labute approximate surface area is 136 Å². The lowest BCUT2D eigenvalue weighted by Gasteiger charge is -2.10. The van der Waals surface area contributed by atoms with E-state index in [1.807, 2.05) is 41.1 Å². The minimum atomic E-state index is 0.0569. The summed E-state index contributed by atoms with van der Waals surface area (Å²) >= 11 is 0. The molecule has 4 heteroatoms. The van der Waals surface area contributed by atoms with E-state index < -0.39 is 0 Å². The van der Waals surface area contributed by atoms with E-state index in [0.717, 1.165) is 34.7 Å². The van der Waals surface area contributed by atoms with Crippen molar-refractivity contribution < 1.29 is 5.11 Å². The SMILES string of the molecule is CCNc1c(-c2ccccc2)nn(CCO)c1-c1ccccc1. The van der Waals surface area contributed by atoms with Crippen molar-refractivity contribution in [3.8, 4) is 22.5 Å². The molecule has 3 rings (SSSR count). The molecule has 1 aromatic heterocycles. The van der Waals surface area contributed by atoms with Gasteiger partial charge in [-0.1, -0.05) is 60.7 Å². The lowest BCUT2D eigenvalue weighted by atomic mass is 10.1. The van der Waals surface area contributed by atoms with Gasteiger partial charge in [0, 0.05) is 17.7 Å². The number of anilines is 1. The van der Waals surface area contributed by atoms with Gasteiger partial charge in [-0.15, -0.1) is 0 Å². The number of aliphatic hydroxyl groups is 1. The predicted octanol–water partition coefficient (Wildman–Crippen LogP) is 3.64. The van der Waals surface area contributed by atoms with Crippen LogP contribution in [0.5, 0.6) is 0 Å². The maximum absolute atomic E-state index is 9.41. The van der Waals surface area contributed by atoms with Crippen LogP contribution in [0.4, 0.5) is 5.69 Å². The molecule has 2 aromatic carbocycles. The van der Waals surface area contributed by atoms with E-state index in [2.05, 4.69) is 36.5 Å². The van der Waals surface area contributed by atoms with Gasteiger partial charge < -0.3 is 10.4 Å². The summed E-state index contributed by atoms with van der Waals surface area (Å²) in [7, 11) is 0. The number of hydrogen-bond donors (Lipinski definition) is 2. The lowest BCUT2D eigenvalue weighted by Crippen LogP contribution is -2.06. The maximum Gasteiger partial charge on any atom is 0.116 e. The number of benzene rings is 2. The zero-order valence-electron chi connectivity index (χ0n) is 13.2. The lowest BCUT2D eigenvalue weighted by molar-refractivity contribution is 0.270. The molecule has 0 bridgehead atoms. The van der Waals surface area contributed by atoms with Gasteiger partial charge in [0.2, 0.25) is 0 Å². The summed E-state index contributed by atoms with van der Waals surface area (Å²) in [5.74, 6) is 0. The molecule has 0 unspecified atom stereocenters. The van der Waals surface area contributed by atoms with Gasteiger partial charge in [-0.05, 0) is 6.92 Å². The van der Waals surface area contributed by atoms with Crippen LogP contribution in [0, 0.1) is 0 Å². The minimum absolute atomic E-state index is 0.0569. The van der Waals surface area contributed by atoms with Gasteiger partial charge in [0.25, 0.3) is 0 Å². The zero-order chi connectivity index (χ0) is 16.1. The van der Waals surface area contributed by atoms with E-state index in [1.165, 1.54) is 0 Å². The van der Waals surface area contributed by atoms with E-state index in [-0.39, 0.29) is 6.61 Å². The van der Waals surface area contributed by atoms with Crippen LogP contribution in [-0.4, -0.2) is 28.0 Å². The number of hydrogen-bond acceptors (Lipinski definition) is 3. The van der Waals surface area contributed by atoms with E-state index in [4.69, 9.17) is 5.10 Å². The second-order valence-corrected chi connectivity index (χ2v) is 5.28. The third-order valence-corrected chi connectivity index (χ3v) is 3.71. The van der Waals surface area contributed by atoms with Crippen molar-refractivity contribution in [1.29, 1.82) is 0 Å². The average Bonchev–Trinajstić information content (AvgIpc) is 2.95. The summed E-state index contributed by atoms with van der Waals surface area (Å²) in [6, 6.07) is 20.3. The first kappa shape index (κ1) is 15.3. The standard InChI is InChI=1S/C19H21N3O/c1-2-20-18-17(15-9-5-3-6-10-15)21-22(13-14-23)19(18)16-11-7-4-8-12-16/h3-12,20,23H,2,13-14H2,1H3. The van der Waals surface area contributed by atoms with Gasteiger partial charge in [-0.2, -0.15) is 5.10 Å². The third kappa shape index (κ3) is 3.12. The fraction of sp³-hybridized carbons (Fsp3) is 0.211. The van der Waals surface area contributed by atoms with Crippen molar-refractivity contribution in [1.82, 2.24) is 9.78 Å². The number of nitrogens with one attached hydrogen (secondary N) is 1. The van der Waals surface area contributed by atoms with Crippen LogP contribution in [0.15, 0.2) is 60.7 Å². The molecular weight excluding hydrogens is 286 g/mol. The van der Waals surface area contributed by atoms with Gasteiger partial charge in [-0.25, -0.2) is 0 Å². The van der Waals surface area contributed by atoms with Crippen LogP contribution in [0.25, 0.3) is 22.5 Å². The van der Waals surface area contributed by atoms with Crippen LogP contribution in [-0.2, 0) is 6.54 Å². The topological polar surface area (TPSA) is 50.1 Å². The maximum atomic E-state index is 9.41. The largest absolute Gasteiger partial charge is 0.394 e. The summed E-state index contributed by atoms with van der Waals surface area (Å²) in [4.78, 5) is 0. The molecule has 0 amide bonds. The Kier molecular flexibility index (Phi) is 4.74. The Morgan fingerprint density at radius 1 is 0.957 bits per heavy atom. The number of aliphatic hydroxyl groups excluding tert-OH is 1. The van der Waals surface area contributed by atoms with Crippen molar-refractivity contribution in [2.45, 2.75) is 13.5 Å². The van der Waals surface area contributed by atoms with Crippen molar-refractivity contribution >= 4 is 5.69 Å². The summed E-state index contributed by atoms with van der Waals surface area (Å²) in [6.45, 7) is 3.41. The highest BCUT2D eigenvalue weighted by atomic mass is 16.3. The molecular formula is C19H21N3O. The molecule has 0 aliphatic heterocycles. The molecule has 2 N–H and O–H groups in total. The van der Waals surface area contributed by atoms with Crippen LogP contribution >= 0.6 is 0 Å². The first-order valence-corrected chi connectivity index (χ1v) is 7.91. The second-order valence-electron chi connectivity index (χ2n) is 5.28. The Bertz CT molecular complexity index is 751. The highest BCUT2D eigenvalue weighted by Crippen LogP contribution is 2.36. The zero-order valence-corrected chi connectivity index (χ0v) is 13.2. The molecule has 0 aliphatic rings. The summed E-state index contributed by atoms with van der Waals surface area (Å²) in [6.07, 6.45) is 0. The van der Waals surface area contributed by atoms with E-state index in [0.29, 0.717) is 6.54 Å². The molecule has 0 aliphatic carbocycles. The monoisotopic (exact) mass is 307 g/mol. The van der Waals surface area contributed by atoms with E-state index in [1.54, 1.807) is 0 Å². The van der Waals surface area contributed by atoms with Gasteiger partial charge in [0.1, 0.15) is 5.69 Å². The molecule has 0 spiro atoms. The molecule has 0 saturated carbocycles. The normalized spacial score (nSPS) is 10.7. The van der Waals surface area contributed by atoms with E-state index >= 15 is 0 Å². The minimum Gasteiger partial charge on any atom is -0.394 e. The molecule has 0 saturated heterocycles. The van der Waals surface area contributed by atoms with Gasteiger partial charge in [0.15, 0.2) is 0 Å². The molecule has 4 nitrogen and oxygen atoms in total. The quantitative estimate of drug-likeness (QED) is 0.731. The van der Waals surface area contributed by atoms with Crippen LogP contribution < -0.4 is 5.32 Å². The van der Waals surface area contributed by atoms with Gasteiger partial charge in [-0.3, -0.25) is 4.68 Å². The molecule has 118 valence electrons. The van der Waals surface area contributed by atoms with Gasteiger partial charge >= 0.3 is 0 Å². The average molecular weight is 307 g/mol. The second kappa shape index (κ2) is 7.11. The first-order valence-electron chi connectivity index (χ1n) is 7.91. The van der Waals surface area contributed by atoms with Gasteiger partial charge in [0.05, 0.1) is 24.5 Å². The Balaban J connectivity index is 2.21. The highest BCUT2D eigenvalue weighted by Gasteiger charge is 2.19. The molecule has 0 atom stereocenters. The molecule has 0 radical (unpaired) electrons. The number of nitrogens with zero attached hydrogens (tertiary/aromatic N) is 2. The number of aromatic nitrogens is 2. The highest BCUT2D eigenvalue weighted by molar-refractivity contribution is 5.87. The summed E-state index contributed by atoms with van der Waals surface area (Å²) in [5.41, 5.74) is 5.10. The third-order valence-electron chi connectivity index (χ3n) is 3.71.